The van der Waals surface area contributed by atoms with Gasteiger partial charge in [-0.3, -0.25) is 4.90 Å². The first kappa shape index (κ1) is 12.8. The molecule has 104 valence electrons. The molecule has 4 heteroatoms. The molecule has 2 aliphatic rings. The van der Waals surface area contributed by atoms with Crippen LogP contribution in [0.4, 0.5) is 0 Å². The average Bonchev–Trinajstić information content (AvgIpc) is 2.80. The van der Waals surface area contributed by atoms with Crippen LogP contribution >= 0.6 is 0 Å². The molecule has 2 saturated heterocycles. The van der Waals surface area contributed by atoms with E-state index in [0.717, 1.165) is 31.1 Å². The lowest BCUT2D eigenvalue weighted by molar-refractivity contribution is 0.250. The first-order valence-electron chi connectivity index (χ1n) is 7.14. The van der Waals surface area contributed by atoms with Gasteiger partial charge in [0.05, 0.1) is 0 Å². The summed E-state index contributed by atoms with van der Waals surface area (Å²) in [6, 6.07) is 5.72. The average molecular weight is 262 g/mol. The first-order valence-corrected chi connectivity index (χ1v) is 7.14. The van der Waals surface area contributed by atoms with E-state index in [1.807, 2.05) is 0 Å². The topological polar surface area (TPSA) is 55.7 Å². The maximum Gasteiger partial charge on any atom is 0.119 e. The summed E-state index contributed by atoms with van der Waals surface area (Å²) in [4.78, 5) is 2.45. The summed E-state index contributed by atoms with van der Waals surface area (Å²) in [6.07, 6.45) is 2.59. The van der Waals surface area contributed by atoms with Crippen molar-refractivity contribution in [1.29, 1.82) is 0 Å². The Balaban J connectivity index is 1.75. The molecular weight excluding hydrogens is 240 g/mol. The summed E-state index contributed by atoms with van der Waals surface area (Å²) in [5.41, 5.74) is 0.983. The van der Waals surface area contributed by atoms with Crippen LogP contribution in [0.5, 0.6) is 11.5 Å². The maximum absolute atomic E-state index is 9.60. The minimum Gasteiger partial charge on any atom is -0.508 e. The number of hydrogen-bond acceptors (Lipinski definition) is 4. The quantitative estimate of drug-likeness (QED) is 0.761. The van der Waals surface area contributed by atoms with E-state index < -0.39 is 0 Å². The van der Waals surface area contributed by atoms with Gasteiger partial charge in [-0.1, -0.05) is 0 Å². The van der Waals surface area contributed by atoms with Gasteiger partial charge in [-0.15, -0.1) is 0 Å². The zero-order chi connectivity index (χ0) is 13.4. The van der Waals surface area contributed by atoms with Gasteiger partial charge in [-0.25, -0.2) is 0 Å². The number of fused-ring (bicyclic) bond motifs is 1. The van der Waals surface area contributed by atoms with Crippen LogP contribution in [0.3, 0.4) is 0 Å². The number of benzene rings is 1. The lowest BCUT2D eigenvalue weighted by Crippen LogP contribution is -2.40. The van der Waals surface area contributed by atoms with Crippen LogP contribution in [0.15, 0.2) is 18.2 Å². The zero-order valence-electron chi connectivity index (χ0n) is 11.3. The lowest BCUT2D eigenvalue weighted by atomic mass is 9.94. The minimum absolute atomic E-state index is 0.136. The Kier molecular flexibility index (Phi) is 3.37. The molecule has 2 aliphatic heterocycles. The monoisotopic (exact) mass is 262 g/mol. The molecule has 1 unspecified atom stereocenters. The van der Waals surface area contributed by atoms with Crippen LogP contribution in [-0.2, 0) is 0 Å². The van der Waals surface area contributed by atoms with Crippen molar-refractivity contribution in [2.45, 2.75) is 31.8 Å². The molecule has 3 atom stereocenters. The van der Waals surface area contributed by atoms with E-state index in [4.69, 9.17) is 0 Å². The molecule has 3 rings (SSSR count). The molecule has 0 aliphatic carbocycles. The molecule has 2 fully saturated rings. The number of rotatable bonds is 2. The molecule has 19 heavy (non-hydrogen) atoms. The van der Waals surface area contributed by atoms with Crippen molar-refractivity contribution in [3.63, 3.8) is 0 Å². The van der Waals surface area contributed by atoms with Crippen molar-refractivity contribution in [1.82, 2.24) is 10.2 Å². The van der Waals surface area contributed by atoms with Gasteiger partial charge in [0.25, 0.3) is 0 Å². The van der Waals surface area contributed by atoms with Crippen molar-refractivity contribution in [3.05, 3.63) is 23.8 Å². The Morgan fingerprint density at radius 1 is 1.21 bits per heavy atom. The van der Waals surface area contributed by atoms with E-state index in [1.165, 1.54) is 18.9 Å². The SMILES string of the molecule is CC(c1cc(O)cc(O)c1)N1C[C@@H]2CCCN[C@@H]2C1. The lowest BCUT2D eigenvalue weighted by Gasteiger charge is -2.25. The third kappa shape index (κ3) is 2.55. The van der Waals surface area contributed by atoms with Crippen LogP contribution < -0.4 is 5.32 Å². The van der Waals surface area contributed by atoms with Crippen molar-refractivity contribution >= 4 is 0 Å². The summed E-state index contributed by atoms with van der Waals surface area (Å²) >= 11 is 0. The molecule has 0 saturated carbocycles. The highest BCUT2D eigenvalue weighted by molar-refractivity contribution is 5.38. The maximum atomic E-state index is 9.60. The van der Waals surface area contributed by atoms with E-state index in [0.29, 0.717) is 6.04 Å². The fraction of sp³-hybridized carbons (Fsp3) is 0.600. The number of phenolic OH excluding ortho intramolecular Hbond substituents is 2. The highest BCUT2D eigenvalue weighted by atomic mass is 16.3. The number of piperidine rings is 1. The van der Waals surface area contributed by atoms with Crippen molar-refractivity contribution in [2.24, 2.45) is 5.92 Å². The molecule has 0 radical (unpaired) electrons. The zero-order valence-corrected chi connectivity index (χ0v) is 11.3. The van der Waals surface area contributed by atoms with Gasteiger partial charge in [0.1, 0.15) is 11.5 Å². The number of nitrogens with one attached hydrogen (secondary N) is 1. The fourth-order valence-electron chi connectivity index (χ4n) is 3.47. The number of likely N-dealkylation sites (tertiary alicyclic amines) is 1. The Labute approximate surface area is 114 Å². The number of hydrogen-bond donors (Lipinski definition) is 3. The molecule has 1 aromatic rings. The summed E-state index contributed by atoms with van der Waals surface area (Å²) in [5, 5.41) is 22.8. The van der Waals surface area contributed by atoms with E-state index in [2.05, 4.69) is 17.1 Å². The molecule has 1 aromatic carbocycles. The Morgan fingerprint density at radius 3 is 2.63 bits per heavy atom. The van der Waals surface area contributed by atoms with Gasteiger partial charge < -0.3 is 15.5 Å². The summed E-state index contributed by atoms with van der Waals surface area (Å²) in [7, 11) is 0. The van der Waals surface area contributed by atoms with E-state index in [1.54, 1.807) is 12.1 Å². The predicted molar refractivity (Wildman–Crippen MR) is 74.3 cm³/mol. The second kappa shape index (κ2) is 5.02. The smallest absolute Gasteiger partial charge is 0.119 e. The van der Waals surface area contributed by atoms with E-state index in [-0.39, 0.29) is 17.5 Å². The van der Waals surface area contributed by atoms with Crippen LogP contribution in [0.25, 0.3) is 0 Å². The Hall–Kier alpha value is -1.26. The standard InChI is InChI=1S/C15H22N2O2/c1-10(12-5-13(18)7-14(19)6-12)17-8-11-3-2-4-16-15(11)9-17/h5-7,10-11,15-16,18-19H,2-4,8-9H2,1H3/t10?,11-,15+/m0/s1. The van der Waals surface area contributed by atoms with Crippen LogP contribution in [0.2, 0.25) is 0 Å². The molecule has 0 bridgehead atoms. The van der Waals surface area contributed by atoms with Gasteiger partial charge in [0, 0.05) is 31.2 Å². The predicted octanol–water partition coefficient (Wildman–Crippen LogP) is 1.84. The van der Waals surface area contributed by atoms with Crippen LogP contribution in [0.1, 0.15) is 31.4 Å². The number of nitrogens with zero attached hydrogens (tertiary/aromatic N) is 1. The minimum atomic E-state index is 0.136. The third-order valence-electron chi connectivity index (χ3n) is 4.58. The summed E-state index contributed by atoms with van der Waals surface area (Å²) < 4.78 is 0. The van der Waals surface area contributed by atoms with Gasteiger partial charge in [-0.05, 0) is 49.9 Å². The van der Waals surface area contributed by atoms with E-state index in [9.17, 15) is 10.2 Å². The van der Waals surface area contributed by atoms with Crippen molar-refractivity contribution in [3.8, 4) is 11.5 Å². The molecule has 0 aromatic heterocycles. The molecule has 0 amide bonds. The highest BCUT2D eigenvalue weighted by Crippen LogP contribution is 2.33. The molecular formula is C15H22N2O2. The highest BCUT2D eigenvalue weighted by Gasteiger charge is 2.36. The third-order valence-corrected chi connectivity index (χ3v) is 4.58. The largest absolute Gasteiger partial charge is 0.508 e. The number of phenols is 2. The van der Waals surface area contributed by atoms with Crippen LogP contribution in [0, 0.1) is 5.92 Å². The van der Waals surface area contributed by atoms with Crippen molar-refractivity contribution < 1.29 is 10.2 Å². The number of aromatic hydroxyl groups is 2. The van der Waals surface area contributed by atoms with Gasteiger partial charge in [0.2, 0.25) is 0 Å². The van der Waals surface area contributed by atoms with Crippen LogP contribution in [-0.4, -0.2) is 40.8 Å². The van der Waals surface area contributed by atoms with Gasteiger partial charge in [0.15, 0.2) is 0 Å². The Morgan fingerprint density at radius 2 is 1.95 bits per heavy atom. The van der Waals surface area contributed by atoms with E-state index >= 15 is 0 Å². The molecule has 4 nitrogen and oxygen atoms in total. The second-order valence-electron chi connectivity index (χ2n) is 5.88. The second-order valence-corrected chi connectivity index (χ2v) is 5.88. The van der Waals surface area contributed by atoms with Gasteiger partial charge >= 0.3 is 0 Å². The summed E-state index contributed by atoms with van der Waals surface area (Å²) in [5.74, 6) is 1.02. The normalized spacial score (nSPS) is 29.1. The molecule has 0 spiro atoms. The van der Waals surface area contributed by atoms with Gasteiger partial charge in [-0.2, -0.15) is 0 Å². The molecule has 2 heterocycles. The molecule has 3 N–H and O–H groups in total. The summed E-state index contributed by atoms with van der Waals surface area (Å²) in [6.45, 7) is 5.44. The fourth-order valence-corrected chi connectivity index (χ4v) is 3.47. The Bertz CT molecular complexity index is 429. The first-order chi connectivity index (χ1) is 9.13. The van der Waals surface area contributed by atoms with Crippen molar-refractivity contribution in [2.75, 3.05) is 19.6 Å².